The summed E-state index contributed by atoms with van der Waals surface area (Å²) >= 11 is 4.92. The van der Waals surface area contributed by atoms with E-state index in [0.717, 1.165) is 5.56 Å². The number of carbonyl (C=O) groups is 1. The van der Waals surface area contributed by atoms with Crippen LogP contribution in [0.2, 0.25) is 0 Å². The van der Waals surface area contributed by atoms with E-state index in [4.69, 9.17) is 17.0 Å². The molecule has 0 aliphatic carbocycles. The molecule has 1 unspecified atom stereocenters. The van der Waals surface area contributed by atoms with Gasteiger partial charge in [-0.25, -0.2) is 4.79 Å². The van der Waals surface area contributed by atoms with Gasteiger partial charge in [-0.2, -0.15) is 0 Å². The van der Waals surface area contributed by atoms with Crippen molar-refractivity contribution in [3.63, 3.8) is 0 Å². The quantitative estimate of drug-likeness (QED) is 0.775. The zero-order chi connectivity index (χ0) is 13.8. The van der Waals surface area contributed by atoms with E-state index in [1.165, 1.54) is 10.4 Å². The van der Waals surface area contributed by atoms with E-state index in [-0.39, 0.29) is 6.04 Å². The molecule has 0 fully saturated rings. The Morgan fingerprint density at radius 3 is 2.33 bits per heavy atom. The highest BCUT2D eigenvalue weighted by Crippen LogP contribution is 2.21. The van der Waals surface area contributed by atoms with Crippen LogP contribution in [0, 0.1) is 0 Å². The van der Waals surface area contributed by atoms with E-state index >= 15 is 0 Å². The molecule has 0 N–H and O–H groups in total. The van der Waals surface area contributed by atoms with E-state index < -0.39 is 11.7 Å². The molecule has 1 rings (SSSR count). The van der Waals surface area contributed by atoms with Crippen molar-refractivity contribution in [2.24, 2.45) is 0 Å². The Labute approximate surface area is 114 Å². The van der Waals surface area contributed by atoms with E-state index in [1.807, 2.05) is 58.0 Å². The third-order valence-electron chi connectivity index (χ3n) is 2.42. The molecule has 0 aromatic heterocycles. The minimum Gasteiger partial charge on any atom is -0.443 e. The summed E-state index contributed by atoms with van der Waals surface area (Å²) in [6.45, 7) is 7.42. The first kappa shape index (κ1) is 14.6. The molecule has 98 valence electrons. The number of ether oxygens (including phenoxy) is 1. The van der Waals surface area contributed by atoms with Gasteiger partial charge in [0, 0.05) is 0 Å². The minimum atomic E-state index is -0.524. The van der Waals surface area contributed by atoms with Gasteiger partial charge in [0.1, 0.15) is 5.60 Å². The Morgan fingerprint density at radius 1 is 1.33 bits per heavy atom. The molecule has 0 aliphatic rings. The number of nitrogens with zero attached hydrogens (tertiary/aromatic N) is 1. The molecule has 0 aliphatic heterocycles. The van der Waals surface area contributed by atoms with Gasteiger partial charge < -0.3 is 4.74 Å². The number of hydrogen-bond donors (Lipinski definition) is 0. The van der Waals surface area contributed by atoms with Crippen LogP contribution in [-0.2, 0) is 4.74 Å². The van der Waals surface area contributed by atoms with Crippen LogP contribution in [-0.4, -0.2) is 22.1 Å². The minimum absolute atomic E-state index is 0.140. The maximum Gasteiger partial charge on any atom is 0.415 e. The van der Waals surface area contributed by atoms with Crippen LogP contribution in [0.25, 0.3) is 0 Å². The van der Waals surface area contributed by atoms with Crippen LogP contribution in [0.3, 0.4) is 0 Å². The summed E-state index contributed by atoms with van der Waals surface area (Å²) < 4.78 is 5.32. The lowest BCUT2D eigenvalue weighted by Gasteiger charge is -2.28. The van der Waals surface area contributed by atoms with Gasteiger partial charge in [-0.05, 0) is 33.3 Å². The number of rotatable bonds is 3. The van der Waals surface area contributed by atoms with Crippen molar-refractivity contribution < 1.29 is 9.53 Å². The molecule has 0 bridgehead atoms. The molecule has 18 heavy (non-hydrogen) atoms. The number of thiocarbonyl (C=S) groups is 1. The molecule has 1 aromatic rings. The van der Waals surface area contributed by atoms with Gasteiger partial charge in [0.2, 0.25) is 0 Å². The van der Waals surface area contributed by atoms with Gasteiger partial charge in [0.15, 0.2) is 0 Å². The zero-order valence-corrected chi connectivity index (χ0v) is 12.0. The smallest absolute Gasteiger partial charge is 0.415 e. The van der Waals surface area contributed by atoms with Crippen molar-refractivity contribution in [2.75, 3.05) is 0 Å². The fraction of sp³-hybridized carbons (Fsp3) is 0.429. The predicted molar refractivity (Wildman–Crippen MR) is 76.6 cm³/mol. The second-order valence-electron chi connectivity index (χ2n) is 5.08. The molecule has 0 saturated carbocycles. The summed E-state index contributed by atoms with van der Waals surface area (Å²) in [5, 5.41) is 0. The maximum absolute atomic E-state index is 12.0. The molecule has 0 spiro atoms. The Morgan fingerprint density at radius 2 is 1.89 bits per heavy atom. The highest BCUT2D eigenvalue weighted by Gasteiger charge is 2.25. The summed E-state index contributed by atoms with van der Waals surface area (Å²) in [6, 6.07) is 9.58. The van der Waals surface area contributed by atoms with Crippen molar-refractivity contribution in [1.29, 1.82) is 0 Å². The first-order valence-corrected chi connectivity index (χ1v) is 6.34. The van der Waals surface area contributed by atoms with Gasteiger partial charge in [0.05, 0.1) is 11.5 Å². The van der Waals surface area contributed by atoms with Gasteiger partial charge in [-0.15, -0.1) is 0 Å². The van der Waals surface area contributed by atoms with Gasteiger partial charge in [-0.3, -0.25) is 4.90 Å². The van der Waals surface area contributed by atoms with Crippen molar-refractivity contribution in [2.45, 2.75) is 39.3 Å². The van der Waals surface area contributed by atoms with Crippen LogP contribution in [0.5, 0.6) is 0 Å². The highest BCUT2D eigenvalue weighted by atomic mass is 32.1. The lowest BCUT2D eigenvalue weighted by molar-refractivity contribution is 0.0333. The lowest BCUT2D eigenvalue weighted by atomic mass is 10.1. The highest BCUT2D eigenvalue weighted by molar-refractivity contribution is 7.78. The molecule has 1 amide bonds. The summed E-state index contributed by atoms with van der Waals surface area (Å²) in [4.78, 5) is 13.4. The molecule has 0 saturated heterocycles. The standard InChI is InChI=1S/C14H19NO2S/c1-11(12-8-6-5-7-9-12)15(10-18)13(16)17-14(2,3)4/h5-11H,1-4H3. The van der Waals surface area contributed by atoms with Crippen molar-refractivity contribution in [3.8, 4) is 0 Å². The Kier molecular flexibility index (Phi) is 4.84. The first-order chi connectivity index (χ1) is 8.35. The topological polar surface area (TPSA) is 29.5 Å². The van der Waals surface area contributed by atoms with E-state index in [2.05, 4.69) is 0 Å². The number of amides is 1. The van der Waals surface area contributed by atoms with Gasteiger partial charge in [0.25, 0.3) is 0 Å². The van der Waals surface area contributed by atoms with Crippen LogP contribution in [0.15, 0.2) is 30.3 Å². The zero-order valence-electron chi connectivity index (χ0n) is 11.2. The monoisotopic (exact) mass is 265 g/mol. The molecule has 4 heteroatoms. The Bertz CT molecular complexity index is 412. The average Bonchev–Trinajstić information content (AvgIpc) is 2.28. The fourth-order valence-electron chi connectivity index (χ4n) is 1.50. The number of carbonyl (C=O) groups excluding carboxylic acids is 1. The molecule has 1 aromatic carbocycles. The number of hydrogen-bond acceptors (Lipinski definition) is 3. The molecule has 3 nitrogen and oxygen atoms in total. The van der Waals surface area contributed by atoms with Crippen LogP contribution < -0.4 is 0 Å². The fourth-order valence-corrected chi connectivity index (χ4v) is 1.77. The summed E-state index contributed by atoms with van der Waals surface area (Å²) in [5.41, 5.74) is 1.83. The Hall–Kier alpha value is -1.42. The molecular weight excluding hydrogens is 246 g/mol. The lowest BCUT2D eigenvalue weighted by Crippen LogP contribution is -2.37. The Balaban J connectivity index is 2.84. The second-order valence-corrected chi connectivity index (χ2v) is 5.29. The predicted octanol–water partition coefficient (Wildman–Crippen LogP) is 3.94. The van der Waals surface area contributed by atoms with Gasteiger partial charge in [-0.1, -0.05) is 42.5 Å². The molecular formula is C14H19NO2S. The van der Waals surface area contributed by atoms with Gasteiger partial charge >= 0.3 is 6.09 Å². The van der Waals surface area contributed by atoms with E-state index in [0.29, 0.717) is 0 Å². The normalized spacial score (nSPS) is 12.7. The average molecular weight is 265 g/mol. The third-order valence-corrected chi connectivity index (χ3v) is 2.64. The second kappa shape index (κ2) is 5.96. The van der Waals surface area contributed by atoms with Crippen molar-refractivity contribution in [1.82, 2.24) is 4.90 Å². The van der Waals surface area contributed by atoms with Crippen LogP contribution in [0.1, 0.15) is 39.3 Å². The molecule has 0 radical (unpaired) electrons. The third kappa shape index (κ3) is 4.11. The first-order valence-electron chi connectivity index (χ1n) is 5.86. The van der Waals surface area contributed by atoms with E-state index in [9.17, 15) is 4.79 Å². The number of benzene rings is 1. The van der Waals surface area contributed by atoms with Crippen molar-refractivity contribution in [3.05, 3.63) is 35.9 Å². The maximum atomic E-state index is 12.0. The van der Waals surface area contributed by atoms with Crippen LogP contribution in [0.4, 0.5) is 4.79 Å². The van der Waals surface area contributed by atoms with Crippen molar-refractivity contribution >= 4 is 23.8 Å². The SMILES string of the molecule is CC(c1ccccc1)N(C=S)C(=O)OC(C)(C)C. The summed E-state index contributed by atoms with van der Waals surface area (Å²) in [6.07, 6.45) is -0.422. The van der Waals surface area contributed by atoms with E-state index in [1.54, 1.807) is 0 Å². The molecule has 1 atom stereocenters. The largest absolute Gasteiger partial charge is 0.443 e. The van der Waals surface area contributed by atoms with Crippen LogP contribution >= 0.6 is 12.2 Å². The summed E-state index contributed by atoms with van der Waals surface area (Å²) in [5.74, 6) is 0. The molecule has 0 heterocycles. The summed E-state index contributed by atoms with van der Waals surface area (Å²) in [7, 11) is 0.